The number of amides is 1. The summed E-state index contributed by atoms with van der Waals surface area (Å²) in [5.41, 5.74) is 3.41. The molecule has 1 amide bonds. The van der Waals surface area contributed by atoms with Crippen LogP contribution in [-0.4, -0.2) is 10.9 Å². The fourth-order valence-electron chi connectivity index (χ4n) is 1.00. The molecule has 14 heavy (non-hydrogen) atoms. The minimum absolute atomic E-state index is 0.379. The van der Waals surface area contributed by atoms with E-state index in [0.717, 1.165) is 12.3 Å². The summed E-state index contributed by atoms with van der Waals surface area (Å²) >= 11 is 0. The molecule has 1 heterocycles. The lowest BCUT2D eigenvalue weighted by molar-refractivity contribution is 0.0985. The van der Waals surface area contributed by atoms with E-state index in [4.69, 9.17) is 11.0 Å². The zero-order valence-electron chi connectivity index (χ0n) is 6.87. The van der Waals surface area contributed by atoms with Crippen LogP contribution >= 0.6 is 0 Å². The van der Waals surface area contributed by atoms with Crippen molar-refractivity contribution in [3.05, 3.63) is 29.1 Å². The molecule has 1 aromatic rings. The number of aromatic nitrogens is 1. The van der Waals surface area contributed by atoms with Crippen LogP contribution in [0.4, 0.5) is 8.78 Å². The third-order valence-electron chi connectivity index (χ3n) is 1.57. The average molecular weight is 197 g/mol. The second kappa shape index (κ2) is 3.79. The first-order valence-electron chi connectivity index (χ1n) is 3.55. The summed E-state index contributed by atoms with van der Waals surface area (Å²) in [6.07, 6.45) is -1.82. The molecule has 1 aromatic heterocycles. The van der Waals surface area contributed by atoms with Gasteiger partial charge in [0.15, 0.2) is 5.69 Å². The molecule has 0 aliphatic carbocycles. The summed E-state index contributed by atoms with van der Waals surface area (Å²) in [6, 6.07) is 2.49. The van der Waals surface area contributed by atoms with Crippen LogP contribution < -0.4 is 5.73 Å². The van der Waals surface area contributed by atoms with E-state index in [1.165, 1.54) is 6.07 Å². The average Bonchev–Trinajstić information content (AvgIpc) is 2.16. The first kappa shape index (κ1) is 10.1. The molecule has 0 aliphatic rings. The third kappa shape index (κ3) is 1.66. The zero-order valence-corrected chi connectivity index (χ0v) is 6.87. The summed E-state index contributed by atoms with van der Waals surface area (Å²) in [5.74, 6) is -1.08. The lowest BCUT2D eigenvalue weighted by atomic mass is 10.1. The van der Waals surface area contributed by atoms with Gasteiger partial charge >= 0.3 is 0 Å². The van der Waals surface area contributed by atoms with E-state index >= 15 is 0 Å². The molecule has 0 fully saturated rings. The summed E-state index contributed by atoms with van der Waals surface area (Å²) < 4.78 is 24.7. The predicted molar refractivity (Wildman–Crippen MR) is 42.4 cm³/mol. The highest BCUT2D eigenvalue weighted by atomic mass is 19.3. The Balaban J connectivity index is 3.45. The van der Waals surface area contributed by atoms with Gasteiger partial charge in [0.1, 0.15) is 6.07 Å². The van der Waals surface area contributed by atoms with Crippen molar-refractivity contribution in [3.8, 4) is 6.07 Å². The molecule has 0 atom stereocenters. The number of pyridine rings is 1. The van der Waals surface area contributed by atoms with Crippen molar-refractivity contribution >= 4 is 5.91 Å². The highest BCUT2D eigenvalue weighted by Crippen LogP contribution is 2.23. The van der Waals surface area contributed by atoms with Crippen LogP contribution in [0.5, 0.6) is 0 Å². The van der Waals surface area contributed by atoms with Crippen LogP contribution in [0.25, 0.3) is 0 Å². The molecular formula is C8H5F2N3O. The molecular weight excluding hydrogens is 192 g/mol. The molecule has 6 heteroatoms. The number of nitrogens with two attached hydrogens (primary N) is 1. The number of carbonyl (C=O) groups excluding carboxylic acids is 1. The van der Waals surface area contributed by atoms with Crippen molar-refractivity contribution in [3.63, 3.8) is 0 Å². The molecule has 0 aliphatic heterocycles. The van der Waals surface area contributed by atoms with Crippen LogP contribution in [0, 0.1) is 11.3 Å². The number of rotatable bonds is 2. The summed E-state index contributed by atoms with van der Waals surface area (Å²) in [4.78, 5) is 14.3. The summed E-state index contributed by atoms with van der Waals surface area (Å²) in [6.45, 7) is 0. The van der Waals surface area contributed by atoms with Gasteiger partial charge in [-0.05, 0) is 6.07 Å². The molecule has 2 N–H and O–H groups in total. The van der Waals surface area contributed by atoms with Crippen molar-refractivity contribution < 1.29 is 13.6 Å². The Morgan fingerprint density at radius 2 is 2.29 bits per heavy atom. The van der Waals surface area contributed by atoms with Crippen LogP contribution in [0.2, 0.25) is 0 Å². The van der Waals surface area contributed by atoms with Gasteiger partial charge in [-0.2, -0.15) is 5.26 Å². The number of carbonyl (C=O) groups is 1. The van der Waals surface area contributed by atoms with Gasteiger partial charge in [0, 0.05) is 11.8 Å². The minimum Gasteiger partial charge on any atom is -0.365 e. The predicted octanol–water partition coefficient (Wildman–Crippen LogP) is 0.990. The maximum atomic E-state index is 12.4. The largest absolute Gasteiger partial charge is 0.365 e. The molecule has 0 saturated heterocycles. The Hall–Kier alpha value is -2.03. The number of hydrogen-bond donors (Lipinski definition) is 1. The molecule has 0 aromatic carbocycles. The Kier molecular flexibility index (Phi) is 2.72. The van der Waals surface area contributed by atoms with Crippen molar-refractivity contribution in [2.24, 2.45) is 5.73 Å². The summed E-state index contributed by atoms with van der Waals surface area (Å²) in [5, 5.41) is 8.51. The van der Waals surface area contributed by atoms with E-state index in [2.05, 4.69) is 4.98 Å². The van der Waals surface area contributed by atoms with Crippen molar-refractivity contribution in [2.75, 3.05) is 0 Å². The van der Waals surface area contributed by atoms with Crippen LogP contribution in [0.15, 0.2) is 12.3 Å². The molecule has 0 radical (unpaired) electrons. The van der Waals surface area contributed by atoms with Gasteiger partial charge in [-0.1, -0.05) is 0 Å². The van der Waals surface area contributed by atoms with E-state index in [0.29, 0.717) is 0 Å². The van der Waals surface area contributed by atoms with Crippen LogP contribution in [0.3, 0.4) is 0 Å². The number of hydrogen-bond acceptors (Lipinski definition) is 3. The molecule has 1 rings (SSSR count). The normalized spacial score (nSPS) is 9.86. The van der Waals surface area contributed by atoms with E-state index in [1.54, 1.807) is 0 Å². The topological polar surface area (TPSA) is 79.8 Å². The number of alkyl halides is 2. The summed E-state index contributed by atoms with van der Waals surface area (Å²) in [7, 11) is 0. The zero-order chi connectivity index (χ0) is 10.7. The number of nitriles is 1. The third-order valence-corrected chi connectivity index (χ3v) is 1.57. The molecule has 0 saturated carbocycles. The molecule has 0 bridgehead atoms. The Morgan fingerprint density at radius 3 is 2.71 bits per heavy atom. The van der Waals surface area contributed by atoms with E-state index in [1.807, 2.05) is 0 Å². The Labute approximate surface area is 78.0 Å². The van der Waals surface area contributed by atoms with Gasteiger partial charge in [-0.3, -0.25) is 4.79 Å². The molecule has 0 spiro atoms. The monoisotopic (exact) mass is 197 g/mol. The van der Waals surface area contributed by atoms with Crippen molar-refractivity contribution in [2.45, 2.75) is 6.43 Å². The lowest BCUT2D eigenvalue weighted by Gasteiger charge is -2.05. The SMILES string of the molecule is N#Cc1nccc(C(F)F)c1C(N)=O. The number of halogens is 2. The van der Waals surface area contributed by atoms with Crippen LogP contribution in [-0.2, 0) is 0 Å². The number of nitrogens with zero attached hydrogens (tertiary/aromatic N) is 2. The quantitative estimate of drug-likeness (QED) is 0.767. The highest BCUT2D eigenvalue weighted by molar-refractivity contribution is 5.96. The molecule has 0 unspecified atom stereocenters. The van der Waals surface area contributed by atoms with E-state index in [9.17, 15) is 13.6 Å². The smallest absolute Gasteiger partial charge is 0.264 e. The van der Waals surface area contributed by atoms with Crippen LogP contribution in [0.1, 0.15) is 28.0 Å². The van der Waals surface area contributed by atoms with E-state index < -0.39 is 23.5 Å². The number of primary amides is 1. The standard InChI is InChI=1S/C8H5F2N3O/c9-7(10)4-1-2-13-5(3-11)6(4)8(12)14/h1-2,7H,(H2,12,14). The first-order chi connectivity index (χ1) is 6.57. The van der Waals surface area contributed by atoms with Gasteiger partial charge in [0.25, 0.3) is 12.3 Å². The van der Waals surface area contributed by atoms with Crippen molar-refractivity contribution in [1.82, 2.24) is 4.98 Å². The highest BCUT2D eigenvalue weighted by Gasteiger charge is 2.20. The second-order valence-electron chi connectivity index (χ2n) is 2.40. The van der Waals surface area contributed by atoms with Crippen molar-refractivity contribution in [1.29, 1.82) is 5.26 Å². The lowest BCUT2D eigenvalue weighted by Crippen LogP contribution is -2.17. The first-order valence-corrected chi connectivity index (χ1v) is 3.55. The van der Waals surface area contributed by atoms with Gasteiger partial charge in [0.05, 0.1) is 5.56 Å². The Bertz CT molecular complexity index is 412. The fraction of sp³-hybridized carbons (Fsp3) is 0.125. The van der Waals surface area contributed by atoms with Gasteiger partial charge in [-0.25, -0.2) is 13.8 Å². The van der Waals surface area contributed by atoms with Gasteiger partial charge in [-0.15, -0.1) is 0 Å². The molecule has 4 nitrogen and oxygen atoms in total. The second-order valence-corrected chi connectivity index (χ2v) is 2.40. The van der Waals surface area contributed by atoms with Gasteiger partial charge < -0.3 is 5.73 Å². The minimum atomic E-state index is -2.85. The van der Waals surface area contributed by atoms with Gasteiger partial charge in [0.2, 0.25) is 0 Å². The maximum absolute atomic E-state index is 12.4. The molecule has 72 valence electrons. The Morgan fingerprint density at radius 1 is 1.64 bits per heavy atom. The maximum Gasteiger partial charge on any atom is 0.264 e. The van der Waals surface area contributed by atoms with E-state index in [-0.39, 0.29) is 5.69 Å². The fourth-order valence-corrected chi connectivity index (χ4v) is 1.00.